The molecule has 1 amide bonds. The molecule has 1 aromatic carbocycles. The maximum atomic E-state index is 13.5. The van der Waals surface area contributed by atoms with Crippen molar-refractivity contribution in [2.45, 2.75) is 6.42 Å². The molecule has 18 heavy (non-hydrogen) atoms. The first-order chi connectivity index (χ1) is 8.45. The van der Waals surface area contributed by atoms with Crippen LogP contribution in [-0.4, -0.2) is 19.0 Å². The largest absolute Gasteiger partial charge is 0.330 e. The highest BCUT2D eigenvalue weighted by molar-refractivity contribution is 5.96. The lowest BCUT2D eigenvalue weighted by Gasteiger charge is -2.18. The number of carbonyl (C=O) groups excluding carboxylic acids is 1. The Morgan fingerprint density at radius 1 is 1.22 bits per heavy atom. The zero-order valence-electron chi connectivity index (χ0n) is 9.22. The molecule has 1 aromatic rings. The third-order valence-electron chi connectivity index (χ3n) is 2.90. The van der Waals surface area contributed by atoms with Crippen molar-refractivity contribution in [3.8, 4) is 0 Å². The molecule has 1 heterocycles. The highest BCUT2D eigenvalue weighted by Gasteiger charge is 2.35. The Bertz CT molecular complexity index is 480. The van der Waals surface area contributed by atoms with Gasteiger partial charge in [0.05, 0.1) is 0 Å². The second-order valence-corrected chi connectivity index (χ2v) is 4.13. The number of carbonyl (C=O) groups is 1. The van der Waals surface area contributed by atoms with Gasteiger partial charge >= 0.3 is 0 Å². The number of amides is 1. The van der Waals surface area contributed by atoms with Gasteiger partial charge in [0, 0.05) is 19.0 Å². The third kappa shape index (κ3) is 1.94. The molecule has 0 aromatic heterocycles. The fourth-order valence-corrected chi connectivity index (χ4v) is 1.95. The van der Waals surface area contributed by atoms with E-state index in [-0.39, 0.29) is 31.5 Å². The van der Waals surface area contributed by atoms with Gasteiger partial charge in [-0.25, -0.2) is 17.6 Å². The molecule has 1 saturated heterocycles. The van der Waals surface area contributed by atoms with Crippen molar-refractivity contribution >= 4 is 11.6 Å². The van der Waals surface area contributed by atoms with Crippen LogP contribution in [-0.2, 0) is 4.79 Å². The average Bonchev–Trinajstić information content (AvgIpc) is 2.69. The topological polar surface area (TPSA) is 46.3 Å². The van der Waals surface area contributed by atoms with Gasteiger partial charge in [-0.15, -0.1) is 0 Å². The molecule has 1 atom stereocenters. The summed E-state index contributed by atoms with van der Waals surface area (Å²) in [7, 11) is 0. The van der Waals surface area contributed by atoms with Gasteiger partial charge in [0.2, 0.25) is 5.91 Å². The SMILES string of the molecule is NCC1CC(=O)N(c2c(F)c(F)cc(F)c2F)C1. The molecule has 0 aliphatic carbocycles. The van der Waals surface area contributed by atoms with E-state index >= 15 is 0 Å². The number of hydrogen-bond donors (Lipinski definition) is 1. The first-order valence-electron chi connectivity index (χ1n) is 5.29. The molecule has 3 nitrogen and oxygen atoms in total. The normalized spacial score (nSPS) is 19.7. The minimum absolute atomic E-state index is 0.00745. The quantitative estimate of drug-likeness (QED) is 0.649. The van der Waals surface area contributed by atoms with E-state index in [1.165, 1.54) is 0 Å². The molecule has 98 valence electrons. The molecule has 2 rings (SSSR count). The Labute approximate surface area is 100 Å². The van der Waals surface area contributed by atoms with Crippen molar-refractivity contribution < 1.29 is 22.4 Å². The van der Waals surface area contributed by atoms with Crippen LogP contribution >= 0.6 is 0 Å². The second kappa shape index (κ2) is 4.56. The Balaban J connectivity index is 2.48. The standard InChI is InChI=1S/C11H10F4N2O/c12-6-2-7(13)10(15)11(9(6)14)17-4-5(3-16)1-8(17)18/h2,5H,1,3-4,16H2. The summed E-state index contributed by atoms with van der Waals surface area (Å²) in [5.41, 5.74) is 4.38. The lowest BCUT2D eigenvalue weighted by Crippen LogP contribution is -2.28. The van der Waals surface area contributed by atoms with Crippen LogP contribution in [0.25, 0.3) is 0 Å². The minimum Gasteiger partial charge on any atom is -0.330 e. The van der Waals surface area contributed by atoms with Crippen LogP contribution in [0.1, 0.15) is 6.42 Å². The van der Waals surface area contributed by atoms with Gasteiger partial charge in [-0.05, 0) is 12.5 Å². The number of benzene rings is 1. The molecular formula is C11H10F4N2O. The summed E-state index contributed by atoms with van der Waals surface area (Å²) in [5, 5.41) is 0. The molecule has 0 spiro atoms. The summed E-state index contributed by atoms with van der Waals surface area (Å²) >= 11 is 0. The van der Waals surface area contributed by atoms with Crippen molar-refractivity contribution in [3.05, 3.63) is 29.3 Å². The smallest absolute Gasteiger partial charge is 0.227 e. The molecule has 1 unspecified atom stereocenters. The Hall–Kier alpha value is -1.63. The van der Waals surface area contributed by atoms with Gasteiger partial charge in [-0.2, -0.15) is 0 Å². The summed E-state index contributed by atoms with van der Waals surface area (Å²) in [5.74, 6) is -7.09. The number of anilines is 1. The van der Waals surface area contributed by atoms with Gasteiger partial charge < -0.3 is 10.6 Å². The van der Waals surface area contributed by atoms with Gasteiger partial charge in [0.15, 0.2) is 23.3 Å². The van der Waals surface area contributed by atoms with Crippen LogP contribution in [0.3, 0.4) is 0 Å². The Morgan fingerprint density at radius 2 is 1.78 bits per heavy atom. The molecule has 1 aliphatic heterocycles. The predicted octanol–water partition coefficient (Wildman–Crippen LogP) is 1.55. The first kappa shape index (κ1) is 12.8. The van der Waals surface area contributed by atoms with Crippen LogP contribution in [0.2, 0.25) is 0 Å². The predicted molar refractivity (Wildman–Crippen MR) is 55.8 cm³/mol. The lowest BCUT2D eigenvalue weighted by molar-refractivity contribution is -0.117. The molecule has 1 fully saturated rings. The fourth-order valence-electron chi connectivity index (χ4n) is 1.95. The fraction of sp³-hybridized carbons (Fsp3) is 0.364. The highest BCUT2D eigenvalue weighted by Crippen LogP contribution is 2.32. The Morgan fingerprint density at radius 3 is 2.22 bits per heavy atom. The second-order valence-electron chi connectivity index (χ2n) is 4.13. The highest BCUT2D eigenvalue weighted by atomic mass is 19.2. The van der Waals surface area contributed by atoms with E-state index in [2.05, 4.69) is 0 Å². The molecule has 0 saturated carbocycles. The maximum Gasteiger partial charge on any atom is 0.227 e. The van der Waals surface area contributed by atoms with Gasteiger partial charge in [0.1, 0.15) is 5.69 Å². The number of halogens is 4. The summed E-state index contributed by atoms with van der Waals surface area (Å²) in [6.45, 7) is 0.106. The summed E-state index contributed by atoms with van der Waals surface area (Å²) in [6.07, 6.45) is 0.00745. The average molecular weight is 262 g/mol. The third-order valence-corrected chi connectivity index (χ3v) is 2.90. The van der Waals surface area contributed by atoms with Gasteiger partial charge in [-0.3, -0.25) is 4.79 Å². The first-order valence-corrected chi connectivity index (χ1v) is 5.29. The van der Waals surface area contributed by atoms with Crippen LogP contribution in [0.4, 0.5) is 23.2 Å². The van der Waals surface area contributed by atoms with E-state index in [1.807, 2.05) is 0 Å². The van der Waals surface area contributed by atoms with E-state index < -0.39 is 34.9 Å². The number of nitrogens with two attached hydrogens (primary N) is 1. The van der Waals surface area contributed by atoms with Gasteiger partial charge in [0.25, 0.3) is 0 Å². The summed E-state index contributed by atoms with van der Waals surface area (Å²) in [4.78, 5) is 12.3. The van der Waals surface area contributed by atoms with Crippen LogP contribution in [0, 0.1) is 29.2 Å². The zero-order chi connectivity index (χ0) is 13.4. The van der Waals surface area contributed by atoms with E-state index in [9.17, 15) is 22.4 Å². The van der Waals surface area contributed by atoms with E-state index in [0.717, 1.165) is 0 Å². The number of rotatable bonds is 2. The molecule has 0 bridgehead atoms. The summed E-state index contributed by atoms with van der Waals surface area (Å²) in [6, 6.07) is 0.106. The van der Waals surface area contributed by atoms with E-state index in [0.29, 0.717) is 4.90 Å². The molecule has 2 N–H and O–H groups in total. The van der Waals surface area contributed by atoms with E-state index in [4.69, 9.17) is 5.73 Å². The molecule has 1 aliphatic rings. The molecular weight excluding hydrogens is 252 g/mol. The maximum absolute atomic E-state index is 13.5. The Kier molecular flexibility index (Phi) is 3.25. The van der Waals surface area contributed by atoms with Crippen molar-refractivity contribution in [1.82, 2.24) is 0 Å². The van der Waals surface area contributed by atoms with Crippen LogP contribution in [0.15, 0.2) is 6.07 Å². The van der Waals surface area contributed by atoms with Crippen LogP contribution in [0.5, 0.6) is 0 Å². The number of hydrogen-bond acceptors (Lipinski definition) is 2. The van der Waals surface area contributed by atoms with Crippen LogP contribution < -0.4 is 10.6 Å². The summed E-state index contributed by atoms with van der Waals surface area (Å²) < 4.78 is 53.1. The van der Waals surface area contributed by atoms with Gasteiger partial charge in [-0.1, -0.05) is 0 Å². The van der Waals surface area contributed by atoms with Crippen molar-refractivity contribution in [3.63, 3.8) is 0 Å². The zero-order valence-corrected chi connectivity index (χ0v) is 9.22. The van der Waals surface area contributed by atoms with Crippen molar-refractivity contribution in [2.24, 2.45) is 11.7 Å². The molecule has 0 radical (unpaired) electrons. The van der Waals surface area contributed by atoms with E-state index in [1.54, 1.807) is 0 Å². The molecule has 7 heteroatoms. The lowest BCUT2D eigenvalue weighted by atomic mass is 10.1. The van der Waals surface area contributed by atoms with Crippen molar-refractivity contribution in [2.75, 3.05) is 18.0 Å². The number of nitrogens with zero attached hydrogens (tertiary/aromatic N) is 1. The van der Waals surface area contributed by atoms with Crippen molar-refractivity contribution in [1.29, 1.82) is 0 Å². The minimum atomic E-state index is -1.57. The monoisotopic (exact) mass is 262 g/mol.